The molecule has 0 aliphatic carbocycles. The molecule has 1 aromatic heterocycles. The van der Waals surface area contributed by atoms with Crippen molar-refractivity contribution in [2.24, 2.45) is 0 Å². The summed E-state index contributed by atoms with van der Waals surface area (Å²) in [7, 11) is -3.91. The number of hydrogen-bond acceptors (Lipinski definition) is 9. The molecule has 0 radical (unpaired) electrons. The third-order valence-electron chi connectivity index (χ3n) is 3.81. The first-order chi connectivity index (χ1) is 13.9. The van der Waals surface area contributed by atoms with Crippen LogP contribution in [0, 0.1) is 0 Å². The fraction of sp³-hybridized carbons (Fsp3) is 0.353. The standard InChI is InChI=1S/C17H21N4O7P/c1-12(9-22)20-29(24,28-13-5-3-2-4-6-13)26-11-16-25-10-15(27-16)21-8-7-14(18)19-17(21)23/h2-9,12,15-16H,10-11H2,1H3,(H,20,24)(H2,18,19,23)/t12-,15-,16-,29?/m0/s1. The number of nitrogens with two attached hydrogens (primary N) is 1. The highest BCUT2D eigenvalue weighted by Gasteiger charge is 2.34. The molecule has 156 valence electrons. The van der Waals surface area contributed by atoms with Crippen LogP contribution in [-0.4, -0.2) is 41.4 Å². The summed E-state index contributed by atoms with van der Waals surface area (Å²) in [5.41, 5.74) is 4.89. The highest BCUT2D eigenvalue weighted by Crippen LogP contribution is 2.45. The molecule has 1 fully saturated rings. The summed E-state index contributed by atoms with van der Waals surface area (Å²) >= 11 is 0. The van der Waals surface area contributed by atoms with Gasteiger partial charge in [-0.3, -0.25) is 9.09 Å². The van der Waals surface area contributed by atoms with E-state index in [2.05, 4.69) is 10.1 Å². The van der Waals surface area contributed by atoms with Crippen LogP contribution in [0.5, 0.6) is 5.75 Å². The minimum atomic E-state index is -3.91. The van der Waals surface area contributed by atoms with E-state index in [-0.39, 0.29) is 19.0 Å². The average Bonchev–Trinajstić information content (AvgIpc) is 3.16. The molecule has 3 rings (SSSR count). The van der Waals surface area contributed by atoms with Gasteiger partial charge in [-0.05, 0) is 25.1 Å². The Morgan fingerprint density at radius 2 is 2.17 bits per heavy atom. The molecule has 0 saturated carbocycles. The number of nitrogen functional groups attached to an aromatic ring is 1. The quantitative estimate of drug-likeness (QED) is 0.443. The number of ether oxygens (including phenoxy) is 2. The van der Waals surface area contributed by atoms with Crippen LogP contribution in [0.15, 0.2) is 47.4 Å². The minimum Gasteiger partial charge on any atom is -0.413 e. The molecule has 0 spiro atoms. The Morgan fingerprint density at radius 3 is 2.86 bits per heavy atom. The van der Waals surface area contributed by atoms with E-state index in [1.807, 2.05) is 0 Å². The molecule has 1 saturated heterocycles. The minimum absolute atomic E-state index is 0.0571. The van der Waals surface area contributed by atoms with Gasteiger partial charge in [0.15, 0.2) is 12.5 Å². The number of carbonyl (C=O) groups is 1. The second kappa shape index (κ2) is 9.29. The third kappa shape index (κ3) is 5.72. The van der Waals surface area contributed by atoms with Crippen molar-refractivity contribution in [2.75, 3.05) is 18.9 Å². The van der Waals surface area contributed by atoms with Crippen LogP contribution in [0.2, 0.25) is 0 Å². The molecule has 12 heteroatoms. The number of benzene rings is 1. The highest BCUT2D eigenvalue weighted by atomic mass is 31.2. The highest BCUT2D eigenvalue weighted by molar-refractivity contribution is 7.52. The lowest BCUT2D eigenvalue weighted by Crippen LogP contribution is -2.30. The maximum Gasteiger partial charge on any atom is 0.459 e. The van der Waals surface area contributed by atoms with Crippen molar-refractivity contribution in [3.63, 3.8) is 0 Å². The Morgan fingerprint density at radius 1 is 1.41 bits per heavy atom. The Kier molecular flexibility index (Phi) is 6.78. The Balaban J connectivity index is 1.64. The molecule has 1 aliphatic rings. The predicted molar refractivity (Wildman–Crippen MR) is 102 cm³/mol. The number of para-hydroxylation sites is 1. The monoisotopic (exact) mass is 424 g/mol. The molecule has 29 heavy (non-hydrogen) atoms. The number of anilines is 1. The van der Waals surface area contributed by atoms with Crippen molar-refractivity contribution in [3.8, 4) is 5.75 Å². The molecule has 0 bridgehead atoms. The fourth-order valence-corrected chi connectivity index (χ4v) is 3.93. The summed E-state index contributed by atoms with van der Waals surface area (Å²) in [6.45, 7) is 1.30. The van der Waals surface area contributed by atoms with Crippen molar-refractivity contribution >= 4 is 19.9 Å². The number of hydrogen-bond donors (Lipinski definition) is 2. The lowest BCUT2D eigenvalue weighted by molar-refractivity contribution is -0.109. The Hall–Kier alpha value is -2.56. The van der Waals surface area contributed by atoms with Crippen LogP contribution in [0.4, 0.5) is 5.82 Å². The molecule has 1 aromatic carbocycles. The van der Waals surface area contributed by atoms with E-state index >= 15 is 0 Å². The lowest BCUT2D eigenvalue weighted by atomic mass is 10.3. The average molecular weight is 424 g/mol. The van der Waals surface area contributed by atoms with Crippen LogP contribution in [0.3, 0.4) is 0 Å². The summed E-state index contributed by atoms with van der Waals surface area (Å²) in [6, 6.07) is 9.06. The van der Waals surface area contributed by atoms with Crippen LogP contribution in [-0.2, 0) is 23.4 Å². The van der Waals surface area contributed by atoms with Gasteiger partial charge >= 0.3 is 13.4 Å². The number of carbonyl (C=O) groups excluding carboxylic acids is 1. The number of rotatable bonds is 9. The molecular formula is C17H21N4O7P. The van der Waals surface area contributed by atoms with Gasteiger partial charge in [0.25, 0.3) is 0 Å². The molecule has 3 N–H and O–H groups in total. The van der Waals surface area contributed by atoms with Gasteiger partial charge in [0, 0.05) is 6.20 Å². The molecule has 0 amide bonds. The maximum absolute atomic E-state index is 13.0. The molecule has 1 aliphatic heterocycles. The van der Waals surface area contributed by atoms with Gasteiger partial charge in [-0.2, -0.15) is 4.98 Å². The SMILES string of the molecule is C[C@@H](C=O)NP(=O)(OC[C@H]1OC[C@@H](n2ccc(N)nc2=O)O1)Oc1ccccc1. The second-order valence-corrected chi connectivity index (χ2v) is 7.84. The number of aromatic nitrogens is 2. The summed E-state index contributed by atoms with van der Waals surface area (Å²) in [5.74, 6) is 0.395. The van der Waals surface area contributed by atoms with Crippen molar-refractivity contribution in [2.45, 2.75) is 25.5 Å². The summed E-state index contributed by atoms with van der Waals surface area (Å²) in [6.07, 6.45) is 0.369. The zero-order valence-corrected chi connectivity index (χ0v) is 16.4. The summed E-state index contributed by atoms with van der Waals surface area (Å²) in [5, 5.41) is 2.53. The lowest BCUT2D eigenvalue weighted by Gasteiger charge is -2.22. The van der Waals surface area contributed by atoms with Crippen molar-refractivity contribution in [3.05, 3.63) is 53.1 Å². The summed E-state index contributed by atoms with van der Waals surface area (Å²) < 4.78 is 36.2. The zero-order chi connectivity index (χ0) is 20.9. The Labute approximate surface area is 166 Å². The van der Waals surface area contributed by atoms with E-state index in [0.29, 0.717) is 12.0 Å². The molecular weight excluding hydrogens is 403 g/mol. The van der Waals surface area contributed by atoms with E-state index in [0.717, 1.165) is 0 Å². The first-order valence-electron chi connectivity index (χ1n) is 8.72. The third-order valence-corrected chi connectivity index (χ3v) is 5.47. The Bertz CT molecular complexity index is 939. The maximum atomic E-state index is 13.0. The largest absolute Gasteiger partial charge is 0.459 e. The van der Waals surface area contributed by atoms with E-state index in [1.54, 1.807) is 30.3 Å². The molecule has 2 aromatic rings. The van der Waals surface area contributed by atoms with Gasteiger partial charge in [-0.15, -0.1) is 0 Å². The molecule has 2 heterocycles. The van der Waals surface area contributed by atoms with E-state index < -0.39 is 32.0 Å². The van der Waals surface area contributed by atoms with Gasteiger partial charge < -0.3 is 24.5 Å². The van der Waals surface area contributed by atoms with E-state index in [4.69, 9.17) is 24.3 Å². The van der Waals surface area contributed by atoms with Gasteiger partial charge in [-0.25, -0.2) is 14.4 Å². The van der Waals surface area contributed by atoms with Gasteiger partial charge in [0.1, 0.15) is 24.5 Å². The topological polar surface area (TPSA) is 144 Å². The number of nitrogens with one attached hydrogen (secondary N) is 1. The van der Waals surface area contributed by atoms with Crippen LogP contribution >= 0.6 is 7.75 Å². The van der Waals surface area contributed by atoms with Crippen molar-refractivity contribution in [1.29, 1.82) is 0 Å². The zero-order valence-electron chi connectivity index (χ0n) is 15.5. The molecule has 1 unspecified atom stereocenters. The van der Waals surface area contributed by atoms with Crippen molar-refractivity contribution in [1.82, 2.24) is 14.6 Å². The van der Waals surface area contributed by atoms with Crippen LogP contribution < -0.4 is 21.0 Å². The smallest absolute Gasteiger partial charge is 0.413 e. The summed E-state index contributed by atoms with van der Waals surface area (Å²) in [4.78, 5) is 26.5. The van der Waals surface area contributed by atoms with E-state index in [1.165, 1.54) is 23.8 Å². The van der Waals surface area contributed by atoms with E-state index in [9.17, 15) is 14.2 Å². The van der Waals surface area contributed by atoms with Gasteiger partial charge in [-0.1, -0.05) is 18.2 Å². The first-order valence-corrected chi connectivity index (χ1v) is 10.3. The fourth-order valence-electron chi connectivity index (χ4n) is 2.47. The first kappa shape index (κ1) is 21.2. The normalized spacial score (nSPS) is 22.0. The molecule has 4 atom stereocenters. The number of aldehydes is 1. The van der Waals surface area contributed by atoms with Crippen LogP contribution in [0.25, 0.3) is 0 Å². The van der Waals surface area contributed by atoms with Gasteiger partial charge in [0.2, 0.25) is 0 Å². The predicted octanol–water partition coefficient (Wildman–Crippen LogP) is 1.08. The van der Waals surface area contributed by atoms with Crippen molar-refractivity contribution < 1.29 is 27.9 Å². The second-order valence-electron chi connectivity index (χ2n) is 6.15. The number of nitrogens with zero attached hydrogens (tertiary/aromatic N) is 2. The van der Waals surface area contributed by atoms with Gasteiger partial charge in [0.05, 0.1) is 12.6 Å². The molecule has 11 nitrogen and oxygen atoms in total. The van der Waals surface area contributed by atoms with Crippen LogP contribution in [0.1, 0.15) is 13.2 Å².